The molecule has 138 valence electrons. The van der Waals surface area contributed by atoms with Gasteiger partial charge in [-0.3, -0.25) is 9.89 Å². The smallest absolute Gasteiger partial charge is 0.354 e. The molecule has 0 aliphatic heterocycles. The molecule has 0 radical (unpaired) electrons. The van der Waals surface area contributed by atoms with Gasteiger partial charge in [0.25, 0.3) is 5.91 Å². The SMILES string of the molecule is COc1cccc(CCc2cc(NC(=O)c3ccc(C(=O)O)nc3)n[nH]2)c1. The minimum absolute atomic E-state index is 0.119. The van der Waals surface area contributed by atoms with Gasteiger partial charge in [0.2, 0.25) is 0 Å². The number of carbonyl (C=O) groups excluding carboxylic acids is 1. The highest BCUT2D eigenvalue weighted by Gasteiger charge is 2.11. The molecule has 8 nitrogen and oxygen atoms in total. The molecular formula is C19H18N4O4. The third-order valence-electron chi connectivity index (χ3n) is 3.93. The highest BCUT2D eigenvalue weighted by molar-refractivity contribution is 6.03. The molecule has 1 amide bonds. The van der Waals surface area contributed by atoms with Crippen molar-refractivity contribution >= 4 is 17.7 Å². The Balaban J connectivity index is 1.58. The van der Waals surface area contributed by atoms with E-state index in [0.29, 0.717) is 5.82 Å². The lowest BCUT2D eigenvalue weighted by molar-refractivity contribution is 0.0690. The molecule has 0 unspecified atom stereocenters. The number of amides is 1. The minimum atomic E-state index is -1.14. The zero-order chi connectivity index (χ0) is 19.2. The van der Waals surface area contributed by atoms with E-state index in [1.54, 1.807) is 13.2 Å². The maximum absolute atomic E-state index is 12.2. The molecule has 8 heteroatoms. The van der Waals surface area contributed by atoms with Gasteiger partial charge in [0.15, 0.2) is 5.82 Å². The molecule has 0 saturated carbocycles. The van der Waals surface area contributed by atoms with E-state index in [0.717, 1.165) is 29.8 Å². The number of aromatic carboxylic acids is 1. The minimum Gasteiger partial charge on any atom is -0.497 e. The Kier molecular flexibility index (Phi) is 5.46. The predicted molar refractivity (Wildman–Crippen MR) is 98.1 cm³/mol. The first-order chi connectivity index (χ1) is 13.0. The number of benzene rings is 1. The lowest BCUT2D eigenvalue weighted by atomic mass is 10.1. The molecule has 2 aromatic heterocycles. The number of carboxylic acids is 1. The fourth-order valence-corrected chi connectivity index (χ4v) is 2.50. The van der Waals surface area contributed by atoms with Gasteiger partial charge in [0.05, 0.1) is 12.7 Å². The number of hydrogen-bond donors (Lipinski definition) is 3. The highest BCUT2D eigenvalue weighted by atomic mass is 16.5. The zero-order valence-corrected chi connectivity index (χ0v) is 14.6. The Morgan fingerprint density at radius 3 is 2.74 bits per heavy atom. The van der Waals surface area contributed by atoms with Crippen LogP contribution in [0.5, 0.6) is 5.75 Å². The number of pyridine rings is 1. The first kappa shape index (κ1) is 18.1. The number of nitrogens with one attached hydrogen (secondary N) is 2. The normalized spacial score (nSPS) is 10.4. The lowest BCUT2D eigenvalue weighted by Crippen LogP contribution is -2.13. The van der Waals surface area contributed by atoms with E-state index in [9.17, 15) is 9.59 Å². The van der Waals surface area contributed by atoms with Crippen LogP contribution in [0.4, 0.5) is 5.82 Å². The standard InChI is InChI=1S/C19H18N4O4/c1-27-15-4-2-3-12(9-15)5-7-14-10-17(23-22-14)21-18(24)13-6-8-16(19(25)26)20-11-13/h2-4,6,8-11H,5,7H2,1H3,(H,25,26)(H2,21,22,23,24). The maximum atomic E-state index is 12.2. The van der Waals surface area contributed by atoms with Crippen LogP contribution < -0.4 is 10.1 Å². The van der Waals surface area contributed by atoms with Crippen molar-refractivity contribution in [3.8, 4) is 5.75 Å². The molecule has 0 aliphatic carbocycles. The number of carboxylic acid groups (broad SMARTS) is 1. The summed E-state index contributed by atoms with van der Waals surface area (Å²) in [5.74, 6) is -0.351. The topological polar surface area (TPSA) is 117 Å². The van der Waals surface area contributed by atoms with Crippen molar-refractivity contribution in [3.63, 3.8) is 0 Å². The van der Waals surface area contributed by atoms with Gasteiger partial charge in [-0.25, -0.2) is 9.78 Å². The number of rotatable bonds is 7. The number of ether oxygens (including phenoxy) is 1. The molecule has 0 saturated heterocycles. The van der Waals surface area contributed by atoms with Crippen LogP contribution >= 0.6 is 0 Å². The molecular weight excluding hydrogens is 348 g/mol. The molecule has 0 spiro atoms. The van der Waals surface area contributed by atoms with Crippen LogP contribution in [0.15, 0.2) is 48.7 Å². The van der Waals surface area contributed by atoms with E-state index in [1.807, 2.05) is 24.3 Å². The number of nitrogens with zero attached hydrogens (tertiary/aromatic N) is 2. The first-order valence-electron chi connectivity index (χ1n) is 8.23. The lowest BCUT2D eigenvalue weighted by Gasteiger charge is -2.03. The van der Waals surface area contributed by atoms with Gasteiger partial charge in [-0.15, -0.1) is 0 Å². The van der Waals surface area contributed by atoms with Crippen molar-refractivity contribution in [3.05, 3.63) is 71.2 Å². The molecule has 0 aliphatic rings. The van der Waals surface area contributed by atoms with Crippen LogP contribution in [0.25, 0.3) is 0 Å². The van der Waals surface area contributed by atoms with Gasteiger partial charge in [-0.2, -0.15) is 5.10 Å². The fourth-order valence-electron chi connectivity index (χ4n) is 2.50. The number of methoxy groups -OCH3 is 1. The molecule has 27 heavy (non-hydrogen) atoms. The highest BCUT2D eigenvalue weighted by Crippen LogP contribution is 2.15. The monoisotopic (exact) mass is 366 g/mol. The Morgan fingerprint density at radius 1 is 1.19 bits per heavy atom. The van der Waals surface area contributed by atoms with Crippen molar-refractivity contribution in [2.75, 3.05) is 12.4 Å². The average molecular weight is 366 g/mol. The van der Waals surface area contributed by atoms with Crippen LogP contribution in [0.1, 0.15) is 32.1 Å². The van der Waals surface area contributed by atoms with Gasteiger partial charge < -0.3 is 15.2 Å². The number of anilines is 1. The largest absolute Gasteiger partial charge is 0.497 e. The molecule has 1 aromatic carbocycles. The van der Waals surface area contributed by atoms with Crippen molar-refractivity contribution in [1.82, 2.24) is 15.2 Å². The second-order valence-electron chi connectivity index (χ2n) is 5.82. The van der Waals surface area contributed by atoms with Crippen LogP contribution in [-0.4, -0.2) is 39.3 Å². The maximum Gasteiger partial charge on any atom is 0.354 e. The number of carbonyl (C=O) groups is 2. The third kappa shape index (κ3) is 4.69. The van der Waals surface area contributed by atoms with Crippen molar-refractivity contribution in [2.45, 2.75) is 12.8 Å². The van der Waals surface area contributed by atoms with Gasteiger partial charge in [0, 0.05) is 18.0 Å². The summed E-state index contributed by atoms with van der Waals surface area (Å²) in [5.41, 5.74) is 2.15. The Hall–Kier alpha value is -3.68. The molecule has 3 aromatic rings. The molecule has 0 fully saturated rings. The van der Waals surface area contributed by atoms with Crippen molar-refractivity contribution in [1.29, 1.82) is 0 Å². The van der Waals surface area contributed by atoms with Crippen LogP contribution in [0.3, 0.4) is 0 Å². The number of aromatic nitrogens is 3. The average Bonchev–Trinajstić information content (AvgIpc) is 3.14. The number of aryl methyl sites for hydroxylation is 2. The Labute approximate surface area is 155 Å². The van der Waals surface area contributed by atoms with E-state index in [2.05, 4.69) is 20.5 Å². The van der Waals surface area contributed by atoms with E-state index >= 15 is 0 Å². The fraction of sp³-hybridized carbons (Fsp3) is 0.158. The van der Waals surface area contributed by atoms with E-state index in [4.69, 9.17) is 9.84 Å². The molecule has 0 bridgehead atoms. The number of H-pyrrole nitrogens is 1. The van der Waals surface area contributed by atoms with Crippen LogP contribution in [0, 0.1) is 0 Å². The Morgan fingerprint density at radius 2 is 2.04 bits per heavy atom. The summed E-state index contributed by atoms with van der Waals surface area (Å²) in [4.78, 5) is 26.7. The van der Waals surface area contributed by atoms with E-state index in [1.165, 1.54) is 18.3 Å². The van der Waals surface area contributed by atoms with Crippen molar-refractivity contribution < 1.29 is 19.4 Å². The number of hydrogen-bond acceptors (Lipinski definition) is 5. The van der Waals surface area contributed by atoms with Gasteiger partial charge in [-0.1, -0.05) is 12.1 Å². The summed E-state index contributed by atoms with van der Waals surface area (Å²) in [5, 5.41) is 18.5. The Bertz CT molecular complexity index is 950. The molecule has 3 N–H and O–H groups in total. The molecule has 3 rings (SSSR count). The van der Waals surface area contributed by atoms with Crippen molar-refractivity contribution in [2.24, 2.45) is 0 Å². The summed E-state index contributed by atoms with van der Waals surface area (Å²) in [6.07, 6.45) is 2.74. The second-order valence-corrected chi connectivity index (χ2v) is 5.82. The zero-order valence-electron chi connectivity index (χ0n) is 14.6. The summed E-state index contributed by atoms with van der Waals surface area (Å²) in [6.45, 7) is 0. The van der Waals surface area contributed by atoms with Crippen LogP contribution in [0.2, 0.25) is 0 Å². The van der Waals surface area contributed by atoms with Gasteiger partial charge >= 0.3 is 5.97 Å². The van der Waals surface area contributed by atoms with E-state index in [-0.39, 0.29) is 11.3 Å². The summed E-state index contributed by atoms with van der Waals surface area (Å²) in [7, 11) is 1.63. The summed E-state index contributed by atoms with van der Waals surface area (Å²) in [6, 6.07) is 12.3. The van der Waals surface area contributed by atoms with Gasteiger partial charge in [-0.05, 0) is 42.7 Å². The molecule has 2 heterocycles. The number of aromatic amines is 1. The third-order valence-corrected chi connectivity index (χ3v) is 3.93. The molecule has 0 atom stereocenters. The quantitative estimate of drug-likeness (QED) is 0.591. The summed E-state index contributed by atoms with van der Waals surface area (Å²) >= 11 is 0. The second kappa shape index (κ2) is 8.13. The van der Waals surface area contributed by atoms with Gasteiger partial charge in [0.1, 0.15) is 11.4 Å². The predicted octanol–water partition coefficient (Wildman–Crippen LogP) is 2.55. The van der Waals surface area contributed by atoms with Crippen LogP contribution in [-0.2, 0) is 12.8 Å². The first-order valence-corrected chi connectivity index (χ1v) is 8.23. The summed E-state index contributed by atoms with van der Waals surface area (Å²) < 4.78 is 5.21. The van der Waals surface area contributed by atoms with E-state index < -0.39 is 11.9 Å².